The van der Waals surface area contributed by atoms with Crippen LogP contribution in [-0.2, 0) is 28.5 Å². The van der Waals surface area contributed by atoms with E-state index in [1.807, 2.05) is 6.92 Å². The average molecular weight is 545 g/mol. The number of fused-ring (bicyclic) bond motifs is 1. The van der Waals surface area contributed by atoms with Gasteiger partial charge in [-0.1, -0.05) is 13.0 Å². The highest BCUT2D eigenvalue weighted by atomic mass is 16.8. The molecular formula is C26H40O12. The van der Waals surface area contributed by atoms with Gasteiger partial charge in [-0.2, -0.15) is 0 Å². The van der Waals surface area contributed by atoms with E-state index in [9.17, 15) is 35.1 Å². The number of carboxylic acids is 1. The quantitative estimate of drug-likeness (QED) is 0.153. The lowest BCUT2D eigenvalue weighted by Crippen LogP contribution is -2.61. The number of allylic oxidation sites excluding steroid dienone is 1. The summed E-state index contributed by atoms with van der Waals surface area (Å²) in [5.41, 5.74) is -0.814. The number of aliphatic hydroxyl groups is 5. The maximum absolute atomic E-state index is 13.0. The molecule has 12 nitrogen and oxygen atoms in total. The molecule has 0 unspecified atom stereocenters. The van der Waals surface area contributed by atoms with Crippen LogP contribution in [-0.4, -0.2) is 98.4 Å². The molecule has 10 atom stereocenters. The Morgan fingerprint density at radius 1 is 1.16 bits per heavy atom. The van der Waals surface area contributed by atoms with Gasteiger partial charge in [-0.25, -0.2) is 9.59 Å². The second-order valence-electron chi connectivity index (χ2n) is 10.7. The van der Waals surface area contributed by atoms with Gasteiger partial charge >= 0.3 is 11.9 Å². The third-order valence-corrected chi connectivity index (χ3v) is 7.86. The molecule has 12 heteroatoms. The van der Waals surface area contributed by atoms with Crippen molar-refractivity contribution >= 4 is 11.9 Å². The van der Waals surface area contributed by atoms with Crippen molar-refractivity contribution in [3.8, 4) is 0 Å². The number of rotatable bonds is 11. The highest BCUT2D eigenvalue weighted by molar-refractivity contribution is 5.88. The fourth-order valence-corrected chi connectivity index (χ4v) is 5.43. The molecule has 1 saturated carbocycles. The van der Waals surface area contributed by atoms with Crippen molar-refractivity contribution in [2.75, 3.05) is 13.2 Å². The number of ether oxygens (including phenoxy) is 4. The molecule has 0 aromatic carbocycles. The van der Waals surface area contributed by atoms with Gasteiger partial charge in [0.15, 0.2) is 6.29 Å². The number of aliphatic carboxylic acids is 1. The topological polar surface area (TPSA) is 192 Å². The summed E-state index contributed by atoms with van der Waals surface area (Å²) < 4.78 is 22.8. The summed E-state index contributed by atoms with van der Waals surface area (Å²) in [6.07, 6.45) is -3.27. The Morgan fingerprint density at radius 3 is 2.50 bits per heavy atom. The molecule has 38 heavy (non-hydrogen) atoms. The lowest BCUT2D eigenvalue weighted by molar-refractivity contribution is -0.346. The lowest BCUT2D eigenvalue weighted by atomic mass is 9.81. The molecular weight excluding hydrogens is 504 g/mol. The number of carboxylic acid groups (broad SMARTS) is 1. The van der Waals surface area contributed by atoms with E-state index in [0.717, 1.165) is 12.7 Å². The maximum Gasteiger partial charge on any atom is 0.334 e. The van der Waals surface area contributed by atoms with Crippen LogP contribution in [0.5, 0.6) is 0 Å². The van der Waals surface area contributed by atoms with Crippen LogP contribution >= 0.6 is 0 Å². The first-order valence-corrected chi connectivity index (χ1v) is 13.0. The third kappa shape index (κ3) is 6.56. The molecule has 3 aliphatic rings. The molecule has 0 aromatic heterocycles. The van der Waals surface area contributed by atoms with Crippen LogP contribution in [0.2, 0.25) is 0 Å². The molecule has 2 aliphatic heterocycles. The molecule has 3 rings (SSSR count). The smallest absolute Gasteiger partial charge is 0.334 e. The maximum atomic E-state index is 13.0. The Bertz CT molecular complexity index is 901. The van der Waals surface area contributed by atoms with Gasteiger partial charge < -0.3 is 49.6 Å². The Hall–Kier alpha value is -2.06. The predicted molar refractivity (Wildman–Crippen MR) is 130 cm³/mol. The molecule has 0 spiro atoms. The van der Waals surface area contributed by atoms with Gasteiger partial charge in [0.25, 0.3) is 0 Å². The first-order chi connectivity index (χ1) is 17.9. The monoisotopic (exact) mass is 544 g/mol. The van der Waals surface area contributed by atoms with Crippen molar-refractivity contribution in [1.29, 1.82) is 0 Å². The van der Waals surface area contributed by atoms with E-state index in [1.165, 1.54) is 0 Å². The SMILES string of the molecule is C/C(=C\CC[C@H](C)CCO)C(=O)O[C@@]1(C)CC[C@H]2C(C(=O)O)=CO[C@@H](O[C@H]3O[C@@H](CO)[C@H](O)[C@@H](O)[C@@H]3O)[C@@H]21. The molecule has 0 bridgehead atoms. The van der Waals surface area contributed by atoms with Crippen molar-refractivity contribution in [2.24, 2.45) is 17.8 Å². The van der Waals surface area contributed by atoms with E-state index in [1.54, 1.807) is 19.9 Å². The van der Waals surface area contributed by atoms with Crippen molar-refractivity contribution in [3.63, 3.8) is 0 Å². The highest BCUT2D eigenvalue weighted by Crippen LogP contribution is 2.51. The Labute approximate surface area is 221 Å². The molecule has 2 fully saturated rings. The summed E-state index contributed by atoms with van der Waals surface area (Å²) in [6, 6.07) is 0. The fourth-order valence-electron chi connectivity index (χ4n) is 5.43. The van der Waals surface area contributed by atoms with Crippen LogP contribution < -0.4 is 0 Å². The van der Waals surface area contributed by atoms with Crippen LogP contribution in [0.25, 0.3) is 0 Å². The molecule has 1 aliphatic carbocycles. The van der Waals surface area contributed by atoms with Gasteiger partial charge in [-0.05, 0) is 51.9 Å². The Kier molecular flexibility index (Phi) is 10.3. The van der Waals surface area contributed by atoms with Crippen molar-refractivity contribution in [2.45, 2.75) is 95.5 Å². The number of hydrogen-bond donors (Lipinski definition) is 6. The number of carbonyl (C=O) groups excluding carboxylic acids is 1. The third-order valence-electron chi connectivity index (χ3n) is 7.86. The zero-order valence-corrected chi connectivity index (χ0v) is 21.9. The number of hydrogen-bond acceptors (Lipinski definition) is 11. The van der Waals surface area contributed by atoms with Crippen molar-refractivity contribution in [3.05, 3.63) is 23.5 Å². The minimum atomic E-state index is -1.69. The van der Waals surface area contributed by atoms with Gasteiger partial charge in [-0.15, -0.1) is 0 Å². The van der Waals surface area contributed by atoms with Crippen LogP contribution in [0, 0.1) is 17.8 Å². The van der Waals surface area contributed by atoms with E-state index in [-0.39, 0.29) is 12.2 Å². The first-order valence-electron chi connectivity index (χ1n) is 13.0. The average Bonchev–Trinajstić information content (AvgIpc) is 3.21. The highest BCUT2D eigenvalue weighted by Gasteiger charge is 2.58. The Balaban J connectivity index is 1.79. The second-order valence-corrected chi connectivity index (χ2v) is 10.7. The summed E-state index contributed by atoms with van der Waals surface area (Å²) >= 11 is 0. The standard InChI is InChI=1S/C26H40O12/c1-13(8-10-27)5-4-6-14(2)23(34)38-26(3)9-7-15-16(22(32)33)12-35-24(18(15)26)37-25-21(31)20(30)19(29)17(11-28)36-25/h6,12-13,15,17-21,24-25,27-31H,4-5,7-11H2,1-3H3,(H,32,33)/b14-6+/t13-,15-,17-,18+,19-,20+,21-,24-,25+,26-/m0/s1. The minimum Gasteiger partial charge on any atom is -0.478 e. The summed E-state index contributed by atoms with van der Waals surface area (Å²) in [4.78, 5) is 24.9. The summed E-state index contributed by atoms with van der Waals surface area (Å²) in [5, 5.41) is 58.8. The van der Waals surface area contributed by atoms with E-state index < -0.39 is 73.0 Å². The van der Waals surface area contributed by atoms with Crippen molar-refractivity contribution < 1.29 is 59.2 Å². The van der Waals surface area contributed by atoms with Gasteiger partial charge in [0.1, 0.15) is 30.0 Å². The minimum absolute atomic E-state index is 0.00596. The zero-order chi connectivity index (χ0) is 28.2. The molecule has 0 aromatic rings. The van der Waals surface area contributed by atoms with E-state index >= 15 is 0 Å². The second kappa shape index (κ2) is 12.9. The predicted octanol–water partition coefficient (Wildman–Crippen LogP) is 0.201. The Morgan fingerprint density at radius 2 is 1.87 bits per heavy atom. The molecule has 0 amide bonds. The summed E-state index contributed by atoms with van der Waals surface area (Å²) in [7, 11) is 0. The van der Waals surface area contributed by atoms with E-state index in [4.69, 9.17) is 24.1 Å². The molecule has 216 valence electrons. The normalized spacial score (nSPS) is 38.1. The molecule has 2 heterocycles. The van der Waals surface area contributed by atoms with Crippen LogP contribution in [0.1, 0.15) is 52.9 Å². The van der Waals surface area contributed by atoms with Gasteiger partial charge in [0.05, 0.1) is 24.4 Å². The summed E-state index contributed by atoms with van der Waals surface area (Å²) in [5.74, 6) is -2.85. The van der Waals surface area contributed by atoms with Crippen molar-refractivity contribution in [1.82, 2.24) is 0 Å². The summed E-state index contributed by atoms with van der Waals surface area (Å²) in [6.45, 7) is 4.78. The van der Waals surface area contributed by atoms with Crippen LogP contribution in [0.4, 0.5) is 0 Å². The fraction of sp³-hybridized carbons (Fsp3) is 0.769. The first kappa shape index (κ1) is 30.5. The zero-order valence-electron chi connectivity index (χ0n) is 21.9. The number of esters is 1. The van der Waals surface area contributed by atoms with Gasteiger partial charge in [-0.3, -0.25) is 0 Å². The van der Waals surface area contributed by atoms with Crippen LogP contribution in [0.3, 0.4) is 0 Å². The van der Waals surface area contributed by atoms with Gasteiger partial charge in [0.2, 0.25) is 6.29 Å². The van der Waals surface area contributed by atoms with Gasteiger partial charge in [0, 0.05) is 18.1 Å². The number of aliphatic hydroxyl groups excluding tert-OH is 5. The van der Waals surface area contributed by atoms with E-state index in [0.29, 0.717) is 37.2 Å². The van der Waals surface area contributed by atoms with Crippen LogP contribution in [0.15, 0.2) is 23.5 Å². The molecule has 0 radical (unpaired) electrons. The largest absolute Gasteiger partial charge is 0.478 e. The van der Waals surface area contributed by atoms with E-state index in [2.05, 4.69) is 0 Å². The molecule has 1 saturated heterocycles. The lowest BCUT2D eigenvalue weighted by Gasteiger charge is -2.44. The number of carbonyl (C=O) groups is 2. The molecule has 6 N–H and O–H groups in total.